The highest BCUT2D eigenvalue weighted by molar-refractivity contribution is 9.11. The minimum atomic E-state index is -0.765. The Morgan fingerprint density at radius 1 is 1.10 bits per heavy atom. The van der Waals surface area contributed by atoms with Crippen molar-refractivity contribution in [3.8, 4) is 5.75 Å². The molecule has 1 aliphatic heterocycles. The van der Waals surface area contributed by atoms with Gasteiger partial charge in [0.25, 0.3) is 5.56 Å². The van der Waals surface area contributed by atoms with Gasteiger partial charge in [-0.1, -0.05) is 71.5 Å². The molecule has 0 amide bonds. The van der Waals surface area contributed by atoms with Gasteiger partial charge in [0.05, 0.1) is 31.4 Å². The molecule has 1 aromatic heterocycles. The zero-order valence-electron chi connectivity index (χ0n) is 21.5. The molecule has 0 unspecified atom stereocenters. The average molecular weight is 703 g/mol. The van der Waals surface area contributed by atoms with Crippen LogP contribution in [0.2, 0.25) is 5.02 Å². The molecule has 4 aromatic rings. The summed E-state index contributed by atoms with van der Waals surface area (Å²) < 4.78 is 14.9. The van der Waals surface area contributed by atoms with Gasteiger partial charge >= 0.3 is 5.97 Å². The molecule has 0 N–H and O–H groups in total. The summed E-state index contributed by atoms with van der Waals surface area (Å²) in [5.74, 6) is 0.137. The number of nitrogens with zero attached hydrogens (tertiary/aromatic N) is 2. The maximum Gasteiger partial charge on any atom is 0.338 e. The van der Waals surface area contributed by atoms with Gasteiger partial charge in [-0.25, -0.2) is 9.79 Å². The maximum atomic E-state index is 13.9. The van der Waals surface area contributed by atoms with E-state index in [1.807, 2.05) is 54.6 Å². The lowest BCUT2D eigenvalue weighted by molar-refractivity contribution is -0.139. The first-order valence-corrected chi connectivity index (χ1v) is 15.2. The minimum Gasteiger partial charge on any atom is -0.487 e. The van der Waals surface area contributed by atoms with Crippen molar-refractivity contribution in [3.63, 3.8) is 0 Å². The van der Waals surface area contributed by atoms with E-state index in [0.717, 1.165) is 20.1 Å². The molecule has 0 fully saturated rings. The molecule has 1 aliphatic rings. The van der Waals surface area contributed by atoms with Crippen LogP contribution < -0.4 is 19.6 Å². The molecule has 0 aliphatic carbocycles. The second-order valence-electron chi connectivity index (χ2n) is 8.91. The van der Waals surface area contributed by atoms with Crippen LogP contribution >= 0.6 is 54.8 Å². The monoisotopic (exact) mass is 700 g/mol. The first-order valence-electron chi connectivity index (χ1n) is 12.4. The Hall–Kier alpha value is -2.98. The second-order valence-corrected chi connectivity index (χ2v) is 12.0. The van der Waals surface area contributed by atoms with Crippen molar-refractivity contribution in [2.75, 3.05) is 6.61 Å². The Morgan fingerprint density at radius 3 is 2.45 bits per heavy atom. The number of benzene rings is 3. The van der Waals surface area contributed by atoms with E-state index in [1.165, 1.54) is 15.9 Å². The molecule has 10 heteroatoms. The quantitative estimate of drug-likeness (QED) is 0.205. The fourth-order valence-electron chi connectivity index (χ4n) is 4.46. The van der Waals surface area contributed by atoms with Gasteiger partial charge in [-0.05, 0) is 86.7 Å². The van der Waals surface area contributed by atoms with E-state index in [9.17, 15) is 9.59 Å². The average Bonchev–Trinajstić information content (AvgIpc) is 3.22. The summed E-state index contributed by atoms with van der Waals surface area (Å²) in [7, 11) is 0. The summed E-state index contributed by atoms with van der Waals surface area (Å²) in [6.45, 7) is 4.10. The largest absolute Gasteiger partial charge is 0.487 e. The third-order valence-electron chi connectivity index (χ3n) is 6.26. The third kappa shape index (κ3) is 5.74. The zero-order chi connectivity index (χ0) is 28.4. The van der Waals surface area contributed by atoms with Crippen molar-refractivity contribution >= 4 is 66.8 Å². The van der Waals surface area contributed by atoms with Crippen molar-refractivity contribution in [2.24, 2.45) is 4.99 Å². The van der Waals surface area contributed by atoms with Crippen LogP contribution in [-0.4, -0.2) is 17.1 Å². The van der Waals surface area contributed by atoms with Crippen LogP contribution in [0.4, 0.5) is 0 Å². The number of hydrogen-bond acceptors (Lipinski definition) is 6. The summed E-state index contributed by atoms with van der Waals surface area (Å²) in [5, 5.41) is 0.442. The maximum absolute atomic E-state index is 13.9. The fourth-order valence-corrected chi connectivity index (χ4v) is 7.20. The molecular weight excluding hydrogens is 680 g/mol. The van der Waals surface area contributed by atoms with Crippen LogP contribution in [0, 0.1) is 0 Å². The Bertz CT molecular complexity index is 1790. The van der Waals surface area contributed by atoms with Crippen LogP contribution in [0.15, 0.2) is 96.7 Å². The van der Waals surface area contributed by atoms with Crippen molar-refractivity contribution in [1.29, 1.82) is 0 Å². The predicted octanol–water partition coefficient (Wildman–Crippen LogP) is 6.56. The van der Waals surface area contributed by atoms with Gasteiger partial charge < -0.3 is 9.47 Å². The number of halogens is 3. The number of esters is 1. The topological polar surface area (TPSA) is 69.9 Å². The van der Waals surface area contributed by atoms with Crippen molar-refractivity contribution < 1.29 is 14.3 Å². The smallest absolute Gasteiger partial charge is 0.338 e. The molecule has 5 rings (SSSR count). The number of fused-ring (bicyclic) bond motifs is 1. The Balaban J connectivity index is 1.58. The van der Waals surface area contributed by atoms with E-state index < -0.39 is 12.0 Å². The lowest BCUT2D eigenvalue weighted by atomic mass is 9.96. The number of hydrogen-bond donors (Lipinski definition) is 0. The van der Waals surface area contributed by atoms with Crippen molar-refractivity contribution in [3.05, 3.63) is 128 Å². The molecule has 2 heterocycles. The van der Waals surface area contributed by atoms with Gasteiger partial charge in [0, 0.05) is 5.02 Å². The number of carbonyl (C=O) groups excluding carboxylic acids is 1. The number of aromatic nitrogens is 1. The Morgan fingerprint density at radius 2 is 1.77 bits per heavy atom. The second kappa shape index (κ2) is 12.3. The lowest BCUT2D eigenvalue weighted by Crippen LogP contribution is -2.40. The fraction of sp³-hybridized carbons (Fsp3) is 0.167. The number of allylic oxidation sites excluding steroid dienone is 1. The normalized spacial score (nSPS) is 15.0. The minimum absolute atomic E-state index is 0.199. The molecule has 0 bridgehead atoms. The molecule has 40 heavy (non-hydrogen) atoms. The van der Waals surface area contributed by atoms with Gasteiger partial charge in [-0.3, -0.25) is 9.36 Å². The summed E-state index contributed by atoms with van der Waals surface area (Å²) >= 11 is 15.0. The van der Waals surface area contributed by atoms with Gasteiger partial charge in [0.15, 0.2) is 4.80 Å². The summed E-state index contributed by atoms with van der Waals surface area (Å²) in [5.41, 5.74) is 2.96. The molecule has 0 spiro atoms. The van der Waals surface area contributed by atoms with Crippen molar-refractivity contribution in [2.45, 2.75) is 26.5 Å². The van der Waals surface area contributed by atoms with E-state index in [0.29, 0.717) is 43.5 Å². The lowest BCUT2D eigenvalue weighted by Gasteiger charge is -2.25. The summed E-state index contributed by atoms with van der Waals surface area (Å²) in [4.78, 5) is 32.0. The highest BCUT2D eigenvalue weighted by Crippen LogP contribution is 2.36. The van der Waals surface area contributed by atoms with E-state index in [4.69, 9.17) is 21.1 Å². The highest BCUT2D eigenvalue weighted by Gasteiger charge is 2.34. The molecule has 6 nitrogen and oxygen atoms in total. The van der Waals surface area contributed by atoms with Crippen LogP contribution in [-0.2, 0) is 16.1 Å². The molecular formula is C30H23Br2ClN2O4S. The van der Waals surface area contributed by atoms with Gasteiger partial charge in [-0.2, -0.15) is 0 Å². The molecule has 204 valence electrons. The first kappa shape index (κ1) is 28.5. The predicted molar refractivity (Wildman–Crippen MR) is 164 cm³/mol. The summed E-state index contributed by atoms with van der Waals surface area (Å²) in [6.07, 6.45) is 1.80. The van der Waals surface area contributed by atoms with E-state index >= 15 is 0 Å². The van der Waals surface area contributed by atoms with Crippen molar-refractivity contribution in [1.82, 2.24) is 4.57 Å². The number of carbonyl (C=O) groups is 1. The third-order valence-corrected chi connectivity index (χ3v) is 8.77. The molecule has 3 aromatic carbocycles. The zero-order valence-corrected chi connectivity index (χ0v) is 26.2. The Labute approximate surface area is 256 Å². The molecule has 0 saturated carbocycles. The molecule has 0 saturated heterocycles. The van der Waals surface area contributed by atoms with Crippen LogP contribution in [0.25, 0.3) is 6.08 Å². The number of ether oxygens (including phenoxy) is 2. The van der Waals surface area contributed by atoms with Gasteiger partial charge in [0.1, 0.15) is 18.4 Å². The van der Waals surface area contributed by atoms with Crippen LogP contribution in [0.5, 0.6) is 5.75 Å². The SMILES string of the molecule is CCOC(=O)C1=C(C)N=c2s/c(=C\c3cc(Br)c(OCc4ccccc4)c(Br)c3)c(=O)n2[C@H]1c1ccccc1Cl. The molecule has 0 radical (unpaired) electrons. The standard InChI is InChI=1S/C30H23Br2ClN2O4S/c1-3-38-29(37)25-17(2)34-30-35(26(25)20-11-7-8-12-23(20)33)28(36)24(40-30)15-19-13-21(31)27(22(32)14-19)39-16-18-9-5-4-6-10-18/h4-15,26H,3,16H2,1-2H3/b24-15-/t26-/m0/s1. The van der Waals surface area contributed by atoms with Gasteiger partial charge in [-0.15, -0.1) is 0 Å². The molecule has 1 atom stereocenters. The van der Waals surface area contributed by atoms with Crippen LogP contribution in [0.3, 0.4) is 0 Å². The summed E-state index contributed by atoms with van der Waals surface area (Å²) in [6, 6.07) is 20.1. The van der Waals surface area contributed by atoms with E-state index in [1.54, 1.807) is 32.1 Å². The van der Waals surface area contributed by atoms with Crippen LogP contribution in [0.1, 0.15) is 36.6 Å². The number of thiazole rings is 1. The van der Waals surface area contributed by atoms with Gasteiger partial charge in [0.2, 0.25) is 0 Å². The number of rotatable bonds is 7. The highest BCUT2D eigenvalue weighted by atomic mass is 79.9. The van der Waals surface area contributed by atoms with E-state index in [2.05, 4.69) is 36.9 Å². The first-order chi connectivity index (χ1) is 19.3. The Kier molecular flexibility index (Phi) is 8.75. The van der Waals surface area contributed by atoms with E-state index in [-0.39, 0.29) is 12.2 Å².